The van der Waals surface area contributed by atoms with Crippen molar-refractivity contribution in [1.29, 1.82) is 0 Å². The molecule has 2 N–H and O–H groups in total. The van der Waals surface area contributed by atoms with E-state index in [0.29, 0.717) is 11.3 Å². The molecule has 0 saturated carbocycles. The second kappa shape index (κ2) is 10.1. The van der Waals surface area contributed by atoms with Crippen molar-refractivity contribution in [3.63, 3.8) is 0 Å². The first-order chi connectivity index (χ1) is 15.7. The molecule has 3 rings (SSSR count). The monoisotopic (exact) mass is 448 g/mol. The zero-order chi connectivity index (χ0) is 24.1. The first kappa shape index (κ1) is 23.7. The van der Waals surface area contributed by atoms with Gasteiger partial charge in [-0.3, -0.25) is 9.59 Å². The fourth-order valence-electron chi connectivity index (χ4n) is 3.62. The fraction of sp³-hybridized carbons (Fsp3) is 0.192. The molecule has 33 heavy (non-hydrogen) atoms. The minimum Gasteiger partial charge on any atom is -0.480 e. The van der Waals surface area contributed by atoms with Crippen molar-refractivity contribution >= 4 is 23.5 Å². The Balaban J connectivity index is 1.71. The lowest BCUT2D eigenvalue weighted by molar-refractivity contribution is -0.143. The van der Waals surface area contributed by atoms with E-state index in [1.165, 1.54) is 30.1 Å². The number of hydrogen-bond donors (Lipinski definition) is 2. The van der Waals surface area contributed by atoms with Crippen molar-refractivity contribution in [3.05, 3.63) is 89.7 Å². The number of amides is 2. The Bertz CT molecular complexity index is 1160. The van der Waals surface area contributed by atoms with Crippen LogP contribution in [0.15, 0.2) is 72.8 Å². The number of rotatable bonds is 7. The number of carbonyl (C=O) groups excluding carboxylic acids is 2. The van der Waals surface area contributed by atoms with Crippen molar-refractivity contribution in [3.8, 4) is 11.1 Å². The number of carboxylic acids is 1. The Morgan fingerprint density at radius 3 is 1.94 bits per heavy atom. The van der Waals surface area contributed by atoms with E-state index in [1.54, 1.807) is 68.4 Å². The molecule has 0 aromatic heterocycles. The van der Waals surface area contributed by atoms with Crippen LogP contribution in [-0.4, -0.2) is 40.9 Å². The minimum atomic E-state index is -1.04. The lowest BCUT2D eigenvalue weighted by Crippen LogP contribution is -2.45. The van der Waals surface area contributed by atoms with E-state index in [1.807, 2.05) is 0 Å². The van der Waals surface area contributed by atoms with Crippen molar-refractivity contribution in [2.75, 3.05) is 12.4 Å². The van der Waals surface area contributed by atoms with E-state index < -0.39 is 23.7 Å². The molecule has 1 atom stereocenters. The second-order valence-electron chi connectivity index (χ2n) is 8.03. The molecule has 0 aliphatic carbocycles. The Labute approximate surface area is 191 Å². The number of anilines is 1. The summed E-state index contributed by atoms with van der Waals surface area (Å²) in [7, 11) is 1.49. The molecule has 6 nitrogen and oxygen atoms in total. The average molecular weight is 448 g/mol. The molecule has 0 aliphatic heterocycles. The van der Waals surface area contributed by atoms with Crippen molar-refractivity contribution < 1.29 is 23.9 Å². The second-order valence-corrected chi connectivity index (χ2v) is 8.03. The van der Waals surface area contributed by atoms with Crippen LogP contribution in [0.3, 0.4) is 0 Å². The van der Waals surface area contributed by atoms with Gasteiger partial charge in [0, 0.05) is 18.3 Å². The maximum atomic E-state index is 13.8. The van der Waals surface area contributed by atoms with Crippen LogP contribution in [-0.2, 0) is 4.79 Å². The Hall–Kier alpha value is -4.00. The molecular formula is C26H25FN2O4. The van der Waals surface area contributed by atoms with Crippen molar-refractivity contribution in [2.24, 2.45) is 5.92 Å². The summed E-state index contributed by atoms with van der Waals surface area (Å²) in [6.45, 7) is 3.52. The van der Waals surface area contributed by atoms with Crippen molar-refractivity contribution in [1.82, 2.24) is 4.90 Å². The predicted molar refractivity (Wildman–Crippen MR) is 125 cm³/mol. The molecule has 0 radical (unpaired) electrons. The van der Waals surface area contributed by atoms with E-state index >= 15 is 0 Å². The number of halogens is 1. The molecule has 3 aromatic rings. The zero-order valence-corrected chi connectivity index (χ0v) is 18.6. The summed E-state index contributed by atoms with van der Waals surface area (Å²) in [6, 6.07) is 18.7. The van der Waals surface area contributed by atoms with Gasteiger partial charge in [-0.2, -0.15) is 0 Å². The van der Waals surface area contributed by atoms with Crippen LogP contribution in [0.1, 0.15) is 34.6 Å². The average Bonchev–Trinajstić information content (AvgIpc) is 2.79. The molecule has 3 aromatic carbocycles. The number of aliphatic carboxylic acids is 1. The first-order valence-corrected chi connectivity index (χ1v) is 10.5. The zero-order valence-electron chi connectivity index (χ0n) is 18.6. The van der Waals surface area contributed by atoms with Gasteiger partial charge in [0.05, 0.1) is 5.56 Å². The third-order valence-corrected chi connectivity index (χ3v) is 5.35. The van der Waals surface area contributed by atoms with Gasteiger partial charge < -0.3 is 15.3 Å². The Kier molecular flexibility index (Phi) is 7.23. The fourth-order valence-corrected chi connectivity index (χ4v) is 3.62. The molecule has 0 heterocycles. The van der Waals surface area contributed by atoms with Crippen LogP contribution in [0, 0.1) is 11.7 Å². The summed E-state index contributed by atoms with van der Waals surface area (Å²) in [5.74, 6) is -2.76. The van der Waals surface area contributed by atoms with E-state index in [4.69, 9.17) is 0 Å². The third kappa shape index (κ3) is 5.44. The van der Waals surface area contributed by atoms with Gasteiger partial charge in [-0.1, -0.05) is 50.2 Å². The maximum Gasteiger partial charge on any atom is 0.326 e. The molecule has 170 valence electrons. The number of nitrogens with one attached hydrogen (secondary N) is 1. The molecule has 0 aliphatic rings. The quantitative estimate of drug-likeness (QED) is 0.537. The van der Waals surface area contributed by atoms with Gasteiger partial charge >= 0.3 is 5.97 Å². The van der Waals surface area contributed by atoms with Crippen LogP contribution in [0.2, 0.25) is 0 Å². The summed E-state index contributed by atoms with van der Waals surface area (Å²) in [5, 5.41) is 12.1. The molecule has 0 fully saturated rings. The molecular weight excluding hydrogens is 423 g/mol. The standard InChI is InChI=1S/C26H25FN2O4/c1-16(2)23(26(32)33)29(3)25(31)19-10-8-17(9-11-19)18-12-14-20(15-13-18)28-24(30)21-6-4-5-7-22(21)27/h4-16,23H,1-3H3,(H,28,30)(H,32,33)/t23-/m0/s1. The Morgan fingerprint density at radius 1 is 0.879 bits per heavy atom. The van der Waals surface area contributed by atoms with E-state index in [-0.39, 0.29) is 17.4 Å². The summed E-state index contributed by atoms with van der Waals surface area (Å²) >= 11 is 0. The largest absolute Gasteiger partial charge is 0.480 e. The van der Waals surface area contributed by atoms with Crippen LogP contribution in [0.5, 0.6) is 0 Å². The smallest absolute Gasteiger partial charge is 0.326 e. The number of hydrogen-bond acceptors (Lipinski definition) is 3. The molecule has 0 bridgehead atoms. The van der Waals surface area contributed by atoms with Gasteiger partial charge in [0.25, 0.3) is 11.8 Å². The highest BCUT2D eigenvalue weighted by atomic mass is 19.1. The molecule has 2 amide bonds. The first-order valence-electron chi connectivity index (χ1n) is 10.5. The highest BCUT2D eigenvalue weighted by molar-refractivity contribution is 6.04. The van der Waals surface area contributed by atoms with Crippen LogP contribution in [0.4, 0.5) is 10.1 Å². The number of carboxylic acid groups (broad SMARTS) is 1. The van der Waals surface area contributed by atoms with Gasteiger partial charge in [-0.25, -0.2) is 9.18 Å². The summed E-state index contributed by atoms with van der Waals surface area (Å²) < 4.78 is 13.8. The minimum absolute atomic E-state index is 0.0330. The van der Waals surface area contributed by atoms with Gasteiger partial charge in [-0.15, -0.1) is 0 Å². The topological polar surface area (TPSA) is 86.7 Å². The Morgan fingerprint density at radius 2 is 1.42 bits per heavy atom. The maximum absolute atomic E-state index is 13.8. The number of benzene rings is 3. The summed E-state index contributed by atoms with van der Waals surface area (Å²) in [5.41, 5.74) is 2.59. The molecule has 0 spiro atoms. The number of likely N-dealkylation sites (N-methyl/N-ethyl adjacent to an activating group) is 1. The number of nitrogens with zero attached hydrogens (tertiary/aromatic N) is 1. The van der Waals surface area contributed by atoms with Gasteiger partial charge in [-0.05, 0) is 53.4 Å². The van der Waals surface area contributed by atoms with E-state index in [2.05, 4.69) is 5.32 Å². The highest BCUT2D eigenvalue weighted by Gasteiger charge is 2.30. The van der Waals surface area contributed by atoms with Crippen LogP contribution < -0.4 is 5.32 Å². The van der Waals surface area contributed by atoms with E-state index in [9.17, 15) is 23.9 Å². The molecule has 7 heteroatoms. The molecule has 0 unspecified atom stereocenters. The predicted octanol–water partition coefficient (Wildman–Crippen LogP) is 4.93. The molecule has 0 saturated heterocycles. The van der Waals surface area contributed by atoms with Crippen LogP contribution >= 0.6 is 0 Å². The van der Waals surface area contributed by atoms with Gasteiger partial charge in [0.15, 0.2) is 0 Å². The summed E-state index contributed by atoms with van der Waals surface area (Å²) in [6.07, 6.45) is 0. The van der Waals surface area contributed by atoms with Crippen LogP contribution in [0.25, 0.3) is 11.1 Å². The third-order valence-electron chi connectivity index (χ3n) is 5.35. The summed E-state index contributed by atoms with van der Waals surface area (Å²) in [4.78, 5) is 37.7. The van der Waals surface area contributed by atoms with E-state index in [0.717, 1.165) is 11.1 Å². The lowest BCUT2D eigenvalue weighted by atomic mass is 10.0. The van der Waals surface area contributed by atoms with Gasteiger partial charge in [0.1, 0.15) is 11.9 Å². The number of carbonyl (C=O) groups is 3. The van der Waals surface area contributed by atoms with Gasteiger partial charge in [0.2, 0.25) is 0 Å². The SMILES string of the molecule is CC(C)[C@@H](C(=O)O)N(C)C(=O)c1ccc(-c2ccc(NC(=O)c3ccccc3F)cc2)cc1. The normalized spacial score (nSPS) is 11.7. The lowest BCUT2D eigenvalue weighted by Gasteiger charge is -2.27. The van der Waals surface area contributed by atoms with Crippen molar-refractivity contribution in [2.45, 2.75) is 19.9 Å². The highest BCUT2D eigenvalue weighted by Crippen LogP contribution is 2.23.